The largest absolute Gasteiger partial charge is 0.426 e. The summed E-state index contributed by atoms with van der Waals surface area (Å²) in [5, 5.41) is 11.3. The Morgan fingerprint density at radius 3 is 2.29 bits per heavy atom. The average Bonchev–Trinajstić information content (AvgIpc) is 3.64. The van der Waals surface area contributed by atoms with E-state index in [4.69, 9.17) is 4.74 Å². The number of hydrogen-bond acceptors (Lipinski definition) is 7. The highest BCUT2D eigenvalue weighted by Crippen LogP contribution is 2.53. The molecule has 4 aliphatic rings. The van der Waals surface area contributed by atoms with E-state index in [2.05, 4.69) is 0 Å². The molecule has 0 aromatic heterocycles. The number of fused-ring (bicyclic) bond motifs is 5. The quantitative estimate of drug-likeness (QED) is 0.149. The lowest BCUT2D eigenvalue weighted by Crippen LogP contribution is -2.33. The third kappa shape index (κ3) is 3.62. The SMILES string of the molecule is Cc1cc(OC(=O)[C@@H]2CC(=O)N(c3ccc(C)c([N+](=O)[O-])c3)C2)ccc1N1C(=O)[C@@H]2[C@@H](C1=O)[C@H]1C=C[C@H]2C1. The number of carbonyl (C=O) groups is 4. The molecule has 194 valence electrons. The number of ether oxygens (including phenoxy) is 1. The zero-order valence-corrected chi connectivity index (χ0v) is 20.8. The smallest absolute Gasteiger partial charge is 0.316 e. The lowest BCUT2D eigenvalue weighted by Gasteiger charge is -2.20. The van der Waals surface area contributed by atoms with Gasteiger partial charge in [-0.3, -0.25) is 29.3 Å². The number of nitro benzene ring substituents is 1. The van der Waals surface area contributed by atoms with Crippen molar-refractivity contribution in [3.8, 4) is 5.75 Å². The normalized spacial score (nSPS) is 27.4. The Kier molecular flexibility index (Phi) is 5.44. The van der Waals surface area contributed by atoms with Crippen LogP contribution in [0.2, 0.25) is 0 Å². The minimum Gasteiger partial charge on any atom is -0.426 e. The minimum atomic E-state index is -0.744. The summed E-state index contributed by atoms with van der Waals surface area (Å²) in [5.74, 6) is -2.13. The fraction of sp³-hybridized carbons (Fsp3) is 0.357. The van der Waals surface area contributed by atoms with Crippen molar-refractivity contribution in [2.75, 3.05) is 16.3 Å². The van der Waals surface area contributed by atoms with Crippen molar-refractivity contribution in [3.63, 3.8) is 0 Å². The van der Waals surface area contributed by atoms with E-state index in [1.165, 1.54) is 15.9 Å². The molecule has 0 unspecified atom stereocenters. The molecule has 2 heterocycles. The van der Waals surface area contributed by atoms with Crippen LogP contribution in [-0.2, 0) is 19.2 Å². The summed E-state index contributed by atoms with van der Waals surface area (Å²) in [7, 11) is 0. The van der Waals surface area contributed by atoms with E-state index in [1.54, 1.807) is 44.2 Å². The highest BCUT2D eigenvalue weighted by molar-refractivity contribution is 6.23. The number of aryl methyl sites for hydroxylation is 2. The molecule has 10 heteroatoms. The number of rotatable bonds is 5. The molecular formula is C28H25N3O7. The fourth-order valence-electron chi connectivity index (χ4n) is 6.36. The van der Waals surface area contributed by atoms with Crippen molar-refractivity contribution < 1.29 is 28.8 Å². The number of carbonyl (C=O) groups excluding carboxylic acids is 4. The molecule has 2 aliphatic carbocycles. The van der Waals surface area contributed by atoms with Crippen molar-refractivity contribution in [2.24, 2.45) is 29.6 Å². The molecule has 2 aromatic carbocycles. The first-order valence-corrected chi connectivity index (χ1v) is 12.6. The van der Waals surface area contributed by atoms with Crippen LogP contribution in [0.25, 0.3) is 0 Å². The summed E-state index contributed by atoms with van der Waals surface area (Å²) in [6.45, 7) is 3.41. The van der Waals surface area contributed by atoms with Crippen molar-refractivity contribution in [1.29, 1.82) is 0 Å². The highest BCUT2D eigenvalue weighted by Gasteiger charge is 2.59. The standard InChI is InChI=1S/C28H25N3O7/c1-14-3-6-19(12-22(14)31(36)37)29-13-18(11-23(29)32)28(35)38-20-7-8-21(15(2)9-20)30-26(33)24-16-4-5-17(10-16)25(24)27(30)34/h3-9,12,16-18,24-25H,10-11,13H2,1-2H3/t16-,17-,18+,24-,25-/m0/s1. The molecule has 2 aliphatic heterocycles. The molecule has 10 nitrogen and oxygen atoms in total. The average molecular weight is 516 g/mol. The number of anilines is 2. The molecule has 1 saturated carbocycles. The Bertz CT molecular complexity index is 1430. The number of hydrogen-bond donors (Lipinski definition) is 0. The first kappa shape index (κ1) is 24.0. The van der Waals surface area contributed by atoms with Crippen molar-refractivity contribution in [3.05, 3.63) is 69.8 Å². The van der Waals surface area contributed by atoms with Gasteiger partial charge in [-0.2, -0.15) is 0 Å². The van der Waals surface area contributed by atoms with Gasteiger partial charge in [-0.15, -0.1) is 0 Å². The van der Waals surface area contributed by atoms with Crippen molar-refractivity contribution in [1.82, 2.24) is 0 Å². The molecule has 2 aromatic rings. The molecule has 2 bridgehead atoms. The first-order valence-electron chi connectivity index (χ1n) is 12.6. The number of nitro groups is 1. The van der Waals surface area contributed by atoms with Crippen molar-refractivity contribution >= 4 is 40.8 Å². The van der Waals surface area contributed by atoms with Crippen LogP contribution in [0.15, 0.2) is 48.6 Å². The summed E-state index contributed by atoms with van der Waals surface area (Å²) in [5.41, 5.74) is 1.84. The Morgan fingerprint density at radius 2 is 1.66 bits per heavy atom. The maximum atomic E-state index is 13.1. The number of nitrogens with zero attached hydrogens (tertiary/aromatic N) is 3. The van der Waals surface area contributed by atoms with Gasteiger partial charge in [0.2, 0.25) is 17.7 Å². The minimum absolute atomic E-state index is 0.0465. The monoisotopic (exact) mass is 515 g/mol. The molecule has 6 rings (SSSR count). The van der Waals surface area contributed by atoms with Crippen LogP contribution in [-0.4, -0.2) is 35.2 Å². The molecule has 5 atom stereocenters. The van der Waals surface area contributed by atoms with Gasteiger partial charge in [0.1, 0.15) is 5.75 Å². The van der Waals surface area contributed by atoms with Gasteiger partial charge >= 0.3 is 5.97 Å². The molecule has 3 fully saturated rings. The highest BCUT2D eigenvalue weighted by atomic mass is 16.6. The van der Waals surface area contributed by atoms with Crippen LogP contribution in [0.3, 0.4) is 0 Å². The van der Waals surface area contributed by atoms with Crippen LogP contribution in [0, 0.1) is 53.6 Å². The van der Waals surface area contributed by atoms with Gasteiger partial charge in [-0.25, -0.2) is 4.90 Å². The molecule has 2 saturated heterocycles. The lowest BCUT2D eigenvalue weighted by atomic mass is 9.85. The molecule has 0 spiro atoms. The van der Waals surface area contributed by atoms with E-state index in [0.29, 0.717) is 22.5 Å². The third-order valence-electron chi connectivity index (χ3n) is 8.26. The third-order valence-corrected chi connectivity index (χ3v) is 8.26. The molecule has 3 amide bonds. The molecule has 38 heavy (non-hydrogen) atoms. The summed E-state index contributed by atoms with van der Waals surface area (Å²) >= 11 is 0. The maximum Gasteiger partial charge on any atom is 0.316 e. The number of esters is 1. The number of amides is 3. The Balaban J connectivity index is 1.15. The maximum absolute atomic E-state index is 13.1. The summed E-state index contributed by atoms with van der Waals surface area (Å²) < 4.78 is 5.56. The van der Waals surface area contributed by atoms with E-state index in [0.717, 1.165) is 6.42 Å². The molecular weight excluding hydrogens is 490 g/mol. The zero-order chi connectivity index (χ0) is 26.9. The Labute approximate surface area is 218 Å². The van der Waals surface area contributed by atoms with Gasteiger partial charge in [-0.1, -0.05) is 18.2 Å². The van der Waals surface area contributed by atoms with Crippen LogP contribution >= 0.6 is 0 Å². The second-order valence-electron chi connectivity index (χ2n) is 10.5. The summed E-state index contributed by atoms with van der Waals surface area (Å²) in [4.78, 5) is 65.2. The molecule has 0 N–H and O–H groups in total. The second kappa shape index (κ2) is 8.61. The first-order chi connectivity index (χ1) is 18.1. The predicted molar refractivity (Wildman–Crippen MR) is 135 cm³/mol. The van der Waals surface area contributed by atoms with E-state index in [1.807, 2.05) is 12.2 Å². The number of imide groups is 1. The molecule has 0 radical (unpaired) electrons. The van der Waals surface area contributed by atoms with Gasteiger partial charge in [-0.05, 0) is 61.9 Å². The van der Waals surface area contributed by atoms with E-state index in [9.17, 15) is 29.3 Å². The van der Waals surface area contributed by atoms with Gasteiger partial charge in [0.25, 0.3) is 5.69 Å². The number of allylic oxidation sites excluding steroid dienone is 2. The predicted octanol–water partition coefficient (Wildman–Crippen LogP) is 3.48. The van der Waals surface area contributed by atoms with Crippen LogP contribution in [0.1, 0.15) is 24.0 Å². The van der Waals surface area contributed by atoms with E-state index < -0.39 is 16.8 Å². The van der Waals surface area contributed by atoms with Crippen LogP contribution < -0.4 is 14.5 Å². The topological polar surface area (TPSA) is 127 Å². The zero-order valence-electron chi connectivity index (χ0n) is 20.8. The van der Waals surface area contributed by atoms with Gasteiger partial charge in [0, 0.05) is 24.6 Å². The van der Waals surface area contributed by atoms with Gasteiger partial charge in [0.05, 0.1) is 34.1 Å². The summed E-state index contributed by atoms with van der Waals surface area (Å²) in [6, 6.07) is 9.28. The van der Waals surface area contributed by atoms with Crippen LogP contribution in [0.4, 0.5) is 17.1 Å². The van der Waals surface area contributed by atoms with Crippen LogP contribution in [0.5, 0.6) is 5.75 Å². The lowest BCUT2D eigenvalue weighted by molar-refractivity contribution is -0.385. The Hall–Kier alpha value is -4.34. The van der Waals surface area contributed by atoms with Gasteiger partial charge in [0.15, 0.2) is 0 Å². The van der Waals surface area contributed by atoms with E-state index in [-0.39, 0.29) is 65.8 Å². The number of benzene rings is 2. The fourth-order valence-corrected chi connectivity index (χ4v) is 6.36. The Morgan fingerprint density at radius 1 is 0.974 bits per heavy atom. The summed E-state index contributed by atoms with van der Waals surface area (Å²) in [6.07, 6.45) is 4.87. The van der Waals surface area contributed by atoms with E-state index >= 15 is 0 Å². The van der Waals surface area contributed by atoms with Gasteiger partial charge < -0.3 is 9.64 Å². The van der Waals surface area contributed by atoms with Crippen molar-refractivity contribution in [2.45, 2.75) is 26.7 Å². The second-order valence-corrected chi connectivity index (χ2v) is 10.5.